The standard InChI is InChI=1S/C15H21ClN2S2/c1-5-17-10(11-6-7-13(16)20-11)8-14-18-12(9-19-14)15(2,3)4/h6-7,9-10,17H,5,8H2,1-4H3. The molecule has 2 aromatic heterocycles. The molecule has 0 aliphatic carbocycles. The molecule has 0 radical (unpaired) electrons. The van der Waals surface area contributed by atoms with Gasteiger partial charge in [0.05, 0.1) is 15.0 Å². The number of nitrogens with zero attached hydrogens (tertiary/aromatic N) is 1. The number of aromatic nitrogens is 1. The molecule has 2 rings (SSSR count). The number of hydrogen-bond acceptors (Lipinski definition) is 4. The van der Waals surface area contributed by atoms with Crippen molar-refractivity contribution in [3.8, 4) is 0 Å². The quantitative estimate of drug-likeness (QED) is 0.830. The lowest BCUT2D eigenvalue weighted by molar-refractivity contribution is 0.545. The van der Waals surface area contributed by atoms with Gasteiger partial charge in [-0.2, -0.15) is 0 Å². The fraction of sp³-hybridized carbons (Fsp3) is 0.533. The largest absolute Gasteiger partial charge is 0.309 e. The first-order chi connectivity index (χ1) is 9.40. The average molecular weight is 329 g/mol. The second-order valence-corrected chi connectivity index (χ2v) is 8.52. The summed E-state index contributed by atoms with van der Waals surface area (Å²) in [7, 11) is 0. The Hall–Kier alpha value is -0.420. The fourth-order valence-corrected chi connectivity index (χ4v) is 4.16. The molecule has 2 nitrogen and oxygen atoms in total. The maximum atomic E-state index is 6.05. The summed E-state index contributed by atoms with van der Waals surface area (Å²) >= 11 is 9.45. The van der Waals surface area contributed by atoms with Gasteiger partial charge in [0.1, 0.15) is 0 Å². The summed E-state index contributed by atoms with van der Waals surface area (Å²) in [5.74, 6) is 0. The van der Waals surface area contributed by atoms with Crippen molar-refractivity contribution < 1.29 is 0 Å². The zero-order chi connectivity index (χ0) is 14.8. The van der Waals surface area contributed by atoms with E-state index in [0.29, 0.717) is 6.04 Å². The van der Waals surface area contributed by atoms with E-state index in [-0.39, 0.29) is 5.41 Å². The van der Waals surface area contributed by atoms with Crippen LogP contribution in [0.5, 0.6) is 0 Å². The lowest BCUT2D eigenvalue weighted by atomic mass is 9.93. The molecule has 1 N–H and O–H groups in total. The number of halogens is 1. The smallest absolute Gasteiger partial charge is 0.0947 e. The molecule has 1 atom stereocenters. The Morgan fingerprint density at radius 1 is 1.35 bits per heavy atom. The van der Waals surface area contributed by atoms with Gasteiger partial charge < -0.3 is 5.32 Å². The van der Waals surface area contributed by atoms with Gasteiger partial charge in [-0.25, -0.2) is 4.98 Å². The molecule has 0 saturated heterocycles. The Morgan fingerprint density at radius 2 is 2.10 bits per heavy atom. The van der Waals surface area contributed by atoms with Crippen LogP contribution < -0.4 is 5.32 Å². The van der Waals surface area contributed by atoms with Gasteiger partial charge in [-0.1, -0.05) is 39.3 Å². The minimum absolute atomic E-state index is 0.120. The molecular weight excluding hydrogens is 308 g/mol. The van der Waals surface area contributed by atoms with Crippen molar-refractivity contribution in [1.82, 2.24) is 10.3 Å². The van der Waals surface area contributed by atoms with Gasteiger partial charge in [0.15, 0.2) is 0 Å². The molecule has 0 amide bonds. The molecule has 0 aromatic carbocycles. The van der Waals surface area contributed by atoms with Crippen molar-refractivity contribution in [2.24, 2.45) is 0 Å². The van der Waals surface area contributed by atoms with Crippen LogP contribution in [0, 0.1) is 0 Å². The Morgan fingerprint density at radius 3 is 2.60 bits per heavy atom. The first-order valence-corrected chi connectivity index (χ1v) is 8.91. The van der Waals surface area contributed by atoms with E-state index in [4.69, 9.17) is 16.6 Å². The predicted molar refractivity (Wildman–Crippen MR) is 90.3 cm³/mol. The van der Waals surface area contributed by atoms with E-state index in [9.17, 15) is 0 Å². The zero-order valence-electron chi connectivity index (χ0n) is 12.4. The van der Waals surface area contributed by atoms with Gasteiger partial charge >= 0.3 is 0 Å². The highest BCUT2D eigenvalue weighted by atomic mass is 35.5. The number of thiazole rings is 1. The van der Waals surface area contributed by atoms with E-state index in [1.54, 1.807) is 22.7 Å². The second-order valence-electron chi connectivity index (χ2n) is 5.83. The highest BCUT2D eigenvalue weighted by molar-refractivity contribution is 7.16. The lowest BCUT2D eigenvalue weighted by Gasteiger charge is -2.16. The molecule has 2 aromatic rings. The normalized spacial score (nSPS) is 13.7. The van der Waals surface area contributed by atoms with E-state index in [2.05, 4.69) is 44.5 Å². The van der Waals surface area contributed by atoms with Crippen LogP contribution in [0.3, 0.4) is 0 Å². The number of hydrogen-bond donors (Lipinski definition) is 1. The van der Waals surface area contributed by atoms with Gasteiger partial charge in [0.2, 0.25) is 0 Å². The van der Waals surface area contributed by atoms with Crippen LogP contribution >= 0.6 is 34.3 Å². The minimum Gasteiger partial charge on any atom is -0.309 e. The number of rotatable bonds is 5. The van der Waals surface area contributed by atoms with Crippen LogP contribution in [0.1, 0.15) is 49.3 Å². The van der Waals surface area contributed by atoms with Gasteiger partial charge in [0, 0.05) is 28.1 Å². The molecule has 110 valence electrons. The maximum absolute atomic E-state index is 6.05. The van der Waals surface area contributed by atoms with Crippen LogP contribution in [0.25, 0.3) is 0 Å². The van der Waals surface area contributed by atoms with Gasteiger partial charge in [-0.05, 0) is 18.7 Å². The van der Waals surface area contributed by atoms with Crippen molar-refractivity contribution in [3.05, 3.63) is 37.4 Å². The third-order valence-electron chi connectivity index (χ3n) is 3.09. The average Bonchev–Trinajstić information content (AvgIpc) is 2.96. The molecule has 0 aliphatic heterocycles. The Balaban J connectivity index is 2.14. The third kappa shape index (κ3) is 4.04. The molecule has 0 bridgehead atoms. The van der Waals surface area contributed by atoms with E-state index < -0.39 is 0 Å². The van der Waals surface area contributed by atoms with Crippen molar-refractivity contribution in [1.29, 1.82) is 0 Å². The molecule has 0 saturated carbocycles. The lowest BCUT2D eigenvalue weighted by Crippen LogP contribution is -2.22. The molecule has 20 heavy (non-hydrogen) atoms. The van der Waals surface area contributed by atoms with Gasteiger partial charge in [0.25, 0.3) is 0 Å². The van der Waals surface area contributed by atoms with Gasteiger partial charge in [-0.15, -0.1) is 22.7 Å². The maximum Gasteiger partial charge on any atom is 0.0947 e. The van der Waals surface area contributed by atoms with E-state index >= 15 is 0 Å². The van der Waals surface area contributed by atoms with Crippen LogP contribution in [0.15, 0.2) is 17.5 Å². The summed E-state index contributed by atoms with van der Waals surface area (Å²) in [6, 6.07) is 4.38. The van der Waals surface area contributed by atoms with Crippen LogP contribution in [0.4, 0.5) is 0 Å². The number of thiophene rings is 1. The summed E-state index contributed by atoms with van der Waals surface area (Å²) in [5.41, 5.74) is 1.30. The summed E-state index contributed by atoms with van der Waals surface area (Å²) in [4.78, 5) is 6.07. The van der Waals surface area contributed by atoms with Crippen molar-refractivity contribution in [2.75, 3.05) is 6.54 Å². The van der Waals surface area contributed by atoms with Crippen LogP contribution in [-0.4, -0.2) is 11.5 Å². The second kappa shape index (κ2) is 6.56. The fourth-order valence-electron chi connectivity index (χ4n) is 1.96. The summed E-state index contributed by atoms with van der Waals surface area (Å²) in [5, 5.41) is 6.89. The summed E-state index contributed by atoms with van der Waals surface area (Å²) in [6.07, 6.45) is 0.922. The molecule has 1 unspecified atom stereocenters. The summed E-state index contributed by atoms with van der Waals surface area (Å²) in [6.45, 7) is 9.67. The third-order valence-corrected chi connectivity index (χ3v) is 5.30. The molecule has 0 aliphatic rings. The van der Waals surface area contributed by atoms with Crippen LogP contribution in [-0.2, 0) is 11.8 Å². The van der Waals surface area contributed by atoms with Crippen molar-refractivity contribution >= 4 is 34.3 Å². The topological polar surface area (TPSA) is 24.9 Å². The summed E-state index contributed by atoms with van der Waals surface area (Å²) < 4.78 is 0.845. The first-order valence-electron chi connectivity index (χ1n) is 6.83. The molecular formula is C15H21ClN2S2. The predicted octanol–water partition coefficient (Wildman–Crippen LogP) is 5.05. The SMILES string of the molecule is CCNC(Cc1nc(C(C)(C)C)cs1)c1ccc(Cl)s1. The number of nitrogens with one attached hydrogen (secondary N) is 1. The first kappa shape index (κ1) is 16.0. The highest BCUT2D eigenvalue weighted by Crippen LogP contribution is 2.31. The highest BCUT2D eigenvalue weighted by Gasteiger charge is 2.20. The van der Waals surface area contributed by atoms with E-state index in [1.165, 1.54) is 15.6 Å². The Kier molecular flexibility index (Phi) is 5.24. The van der Waals surface area contributed by atoms with E-state index in [1.807, 2.05) is 6.07 Å². The van der Waals surface area contributed by atoms with Crippen molar-refractivity contribution in [2.45, 2.75) is 45.6 Å². The Bertz CT molecular complexity index is 554. The molecule has 0 fully saturated rings. The number of likely N-dealkylation sites (N-methyl/N-ethyl adjacent to an activating group) is 1. The zero-order valence-corrected chi connectivity index (χ0v) is 14.8. The molecule has 0 spiro atoms. The van der Waals surface area contributed by atoms with Crippen molar-refractivity contribution in [3.63, 3.8) is 0 Å². The van der Waals surface area contributed by atoms with Gasteiger partial charge in [-0.3, -0.25) is 0 Å². The minimum atomic E-state index is 0.120. The molecule has 2 heterocycles. The Labute approximate surface area is 134 Å². The van der Waals surface area contributed by atoms with Crippen LogP contribution in [0.2, 0.25) is 4.34 Å². The van der Waals surface area contributed by atoms with E-state index in [0.717, 1.165) is 17.3 Å². The molecule has 5 heteroatoms. The monoisotopic (exact) mass is 328 g/mol.